The number of rotatable bonds is 12. The lowest BCUT2D eigenvalue weighted by Crippen LogP contribution is -2.67. The zero-order valence-electron chi connectivity index (χ0n) is 24.5. The lowest BCUT2D eigenvalue weighted by atomic mass is 9.88. The standard InChI is InChI=1S/C34H47NO3Si/c1-27(35-24-28-16-20-30(36-5)21-17-28)25-37-31-22-18-29(19-23-31)26-38-39(34(2,3)4,32-12-8-6-9-13-32)33-14-10-7-11-15-33/h6-17,20-21,27,29,31,35H,18-19,22-26H2,1-5H3/t27-,29?,31?/m0/s1. The van der Waals surface area contributed by atoms with Gasteiger partial charge in [-0.25, -0.2) is 0 Å². The molecule has 0 spiro atoms. The first-order valence-corrected chi connectivity index (χ1v) is 16.5. The summed E-state index contributed by atoms with van der Waals surface area (Å²) < 4.78 is 18.8. The highest BCUT2D eigenvalue weighted by Gasteiger charge is 2.50. The van der Waals surface area contributed by atoms with E-state index >= 15 is 0 Å². The van der Waals surface area contributed by atoms with E-state index < -0.39 is 8.32 Å². The third kappa shape index (κ3) is 7.61. The molecule has 4 nitrogen and oxygen atoms in total. The lowest BCUT2D eigenvalue weighted by Gasteiger charge is -2.44. The van der Waals surface area contributed by atoms with Crippen LogP contribution in [0.5, 0.6) is 5.75 Å². The van der Waals surface area contributed by atoms with Gasteiger partial charge in [-0.15, -0.1) is 0 Å². The fourth-order valence-electron chi connectivity index (χ4n) is 5.84. The predicted octanol–water partition coefficient (Wildman–Crippen LogP) is 6.33. The van der Waals surface area contributed by atoms with Gasteiger partial charge in [-0.3, -0.25) is 0 Å². The zero-order chi connectivity index (χ0) is 27.7. The molecule has 0 radical (unpaired) electrons. The van der Waals surface area contributed by atoms with Crippen LogP contribution in [0.2, 0.25) is 5.04 Å². The van der Waals surface area contributed by atoms with Crippen molar-refractivity contribution in [2.75, 3.05) is 20.3 Å². The maximum Gasteiger partial charge on any atom is 0.261 e. The van der Waals surface area contributed by atoms with Crippen LogP contribution in [0.25, 0.3) is 0 Å². The Morgan fingerprint density at radius 3 is 1.90 bits per heavy atom. The van der Waals surface area contributed by atoms with Crippen LogP contribution in [0.1, 0.15) is 58.9 Å². The average molecular weight is 546 g/mol. The molecule has 0 aromatic heterocycles. The molecule has 0 aliphatic heterocycles. The van der Waals surface area contributed by atoms with Crippen molar-refractivity contribution in [2.45, 2.75) is 77.1 Å². The molecule has 0 saturated heterocycles. The summed E-state index contributed by atoms with van der Waals surface area (Å²) in [5, 5.41) is 6.32. The highest BCUT2D eigenvalue weighted by molar-refractivity contribution is 6.99. The van der Waals surface area contributed by atoms with Crippen molar-refractivity contribution >= 4 is 18.7 Å². The monoisotopic (exact) mass is 545 g/mol. The van der Waals surface area contributed by atoms with E-state index in [2.05, 4.69) is 106 Å². The summed E-state index contributed by atoms with van der Waals surface area (Å²) >= 11 is 0. The van der Waals surface area contributed by atoms with Crippen LogP contribution in [-0.2, 0) is 15.7 Å². The van der Waals surface area contributed by atoms with Crippen molar-refractivity contribution in [1.29, 1.82) is 0 Å². The van der Waals surface area contributed by atoms with Crippen LogP contribution in [0.15, 0.2) is 84.9 Å². The Bertz CT molecular complexity index is 1070. The van der Waals surface area contributed by atoms with Crippen LogP contribution in [0.4, 0.5) is 0 Å². The Kier molecular flexibility index (Phi) is 10.4. The van der Waals surface area contributed by atoms with Gasteiger partial charge in [-0.05, 0) is 71.6 Å². The maximum absolute atomic E-state index is 7.21. The van der Waals surface area contributed by atoms with Crippen LogP contribution in [-0.4, -0.2) is 40.8 Å². The van der Waals surface area contributed by atoms with Crippen molar-refractivity contribution in [2.24, 2.45) is 5.92 Å². The van der Waals surface area contributed by atoms with Gasteiger partial charge in [-0.2, -0.15) is 0 Å². The second kappa shape index (κ2) is 13.8. The second-order valence-electron chi connectivity index (χ2n) is 12.1. The Morgan fingerprint density at radius 1 is 0.821 bits per heavy atom. The molecular weight excluding hydrogens is 498 g/mol. The highest BCUT2D eigenvalue weighted by Crippen LogP contribution is 2.38. The summed E-state index contributed by atoms with van der Waals surface area (Å²) in [6.45, 7) is 11.7. The quantitative estimate of drug-likeness (QED) is 0.270. The van der Waals surface area contributed by atoms with Crippen molar-refractivity contribution in [3.63, 3.8) is 0 Å². The largest absolute Gasteiger partial charge is 0.497 e. The molecule has 1 fully saturated rings. The van der Waals surface area contributed by atoms with Gasteiger partial charge in [0.15, 0.2) is 0 Å². The van der Waals surface area contributed by atoms with Gasteiger partial charge in [0.2, 0.25) is 0 Å². The van der Waals surface area contributed by atoms with Crippen LogP contribution in [0, 0.1) is 5.92 Å². The lowest BCUT2D eigenvalue weighted by molar-refractivity contribution is 0.00364. The molecule has 1 N–H and O–H groups in total. The summed E-state index contributed by atoms with van der Waals surface area (Å²) in [6, 6.07) is 30.5. The molecule has 4 rings (SSSR count). The number of hydrogen-bond acceptors (Lipinski definition) is 4. The Balaban J connectivity index is 1.29. The van der Waals surface area contributed by atoms with Crippen LogP contribution in [0.3, 0.4) is 0 Å². The molecule has 1 aliphatic carbocycles. The molecule has 0 bridgehead atoms. The molecule has 3 aromatic rings. The van der Waals surface area contributed by atoms with E-state index in [0.717, 1.165) is 51.2 Å². The number of ether oxygens (including phenoxy) is 2. The molecule has 0 amide bonds. The topological polar surface area (TPSA) is 39.7 Å². The third-order valence-electron chi connectivity index (χ3n) is 8.14. The third-order valence-corrected chi connectivity index (χ3v) is 13.1. The van der Waals surface area contributed by atoms with E-state index in [0.29, 0.717) is 18.1 Å². The number of methoxy groups -OCH3 is 1. The smallest absolute Gasteiger partial charge is 0.261 e. The van der Waals surface area contributed by atoms with E-state index in [-0.39, 0.29) is 5.04 Å². The van der Waals surface area contributed by atoms with E-state index in [1.54, 1.807) is 7.11 Å². The normalized spacial score (nSPS) is 19.0. The molecule has 1 aliphatic rings. The zero-order valence-corrected chi connectivity index (χ0v) is 25.5. The molecule has 1 atom stereocenters. The fraction of sp³-hybridized carbons (Fsp3) is 0.471. The molecule has 0 unspecified atom stereocenters. The molecular formula is C34H47NO3Si. The van der Waals surface area contributed by atoms with Crippen molar-refractivity contribution in [1.82, 2.24) is 5.32 Å². The minimum Gasteiger partial charge on any atom is -0.497 e. The first-order chi connectivity index (χ1) is 18.8. The Morgan fingerprint density at radius 2 is 1.38 bits per heavy atom. The van der Waals surface area contributed by atoms with Gasteiger partial charge in [-0.1, -0.05) is 93.6 Å². The SMILES string of the molecule is COc1ccc(CN[C@@H](C)COC2CCC(CO[Si](c3ccccc3)(c3ccccc3)C(C)(C)C)CC2)cc1. The van der Waals surface area contributed by atoms with E-state index in [9.17, 15) is 0 Å². The van der Waals surface area contributed by atoms with Gasteiger partial charge in [0.05, 0.1) is 19.8 Å². The number of benzene rings is 3. The second-order valence-corrected chi connectivity index (χ2v) is 16.4. The highest BCUT2D eigenvalue weighted by atomic mass is 28.4. The first kappa shape index (κ1) is 29.5. The van der Waals surface area contributed by atoms with Gasteiger partial charge in [0, 0.05) is 19.2 Å². The van der Waals surface area contributed by atoms with Crippen molar-refractivity contribution < 1.29 is 13.9 Å². The maximum atomic E-state index is 7.21. The van der Waals surface area contributed by atoms with Crippen molar-refractivity contribution in [3.05, 3.63) is 90.5 Å². The molecule has 210 valence electrons. The molecule has 0 heterocycles. The summed E-state index contributed by atoms with van der Waals surface area (Å²) in [7, 11) is -0.772. The van der Waals surface area contributed by atoms with Gasteiger partial charge < -0.3 is 19.2 Å². The summed E-state index contributed by atoms with van der Waals surface area (Å²) in [5.41, 5.74) is 1.25. The Hall–Kier alpha value is -2.44. The van der Waals surface area contributed by atoms with E-state index in [1.165, 1.54) is 15.9 Å². The van der Waals surface area contributed by atoms with Crippen molar-refractivity contribution in [3.8, 4) is 5.75 Å². The van der Waals surface area contributed by atoms with E-state index in [4.69, 9.17) is 13.9 Å². The summed E-state index contributed by atoms with van der Waals surface area (Å²) in [4.78, 5) is 0. The van der Waals surface area contributed by atoms with E-state index in [1.807, 2.05) is 12.1 Å². The average Bonchev–Trinajstić information content (AvgIpc) is 2.96. The minimum atomic E-state index is -2.47. The van der Waals surface area contributed by atoms with Gasteiger partial charge in [0.1, 0.15) is 5.75 Å². The van der Waals surface area contributed by atoms with Crippen LogP contribution >= 0.6 is 0 Å². The summed E-state index contributed by atoms with van der Waals surface area (Å²) in [5.74, 6) is 1.47. The first-order valence-electron chi connectivity index (χ1n) is 14.5. The number of nitrogens with one attached hydrogen (secondary N) is 1. The Labute approximate surface area is 237 Å². The van der Waals surface area contributed by atoms with Crippen LogP contribution < -0.4 is 20.4 Å². The predicted molar refractivity (Wildman–Crippen MR) is 165 cm³/mol. The minimum absolute atomic E-state index is 0.0188. The molecule has 39 heavy (non-hydrogen) atoms. The number of hydrogen-bond donors (Lipinski definition) is 1. The molecule has 5 heteroatoms. The summed E-state index contributed by atoms with van der Waals surface area (Å²) in [6.07, 6.45) is 4.90. The molecule has 1 saturated carbocycles. The fourth-order valence-corrected chi connectivity index (χ4v) is 10.5. The van der Waals surface area contributed by atoms with Gasteiger partial charge >= 0.3 is 0 Å². The van der Waals surface area contributed by atoms with Gasteiger partial charge in [0.25, 0.3) is 8.32 Å². The molecule has 3 aromatic carbocycles.